The summed E-state index contributed by atoms with van der Waals surface area (Å²) in [6, 6.07) is 4.13. The Morgan fingerprint density at radius 2 is 2.00 bits per heavy atom. The molecule has 1 rings (SSSR count). The minimum Gasteiger partial charge on any atom is -0.389 e. The van der Waals surface area contributed by atoms with Crippen molar-refractivity contribution in [3.05, 3.63) is 29.6 Å². The third-order valence-electron chi connectivity index (χ3n) is 2.27. The van der Waals surface area contributed by atoms with Crippen molar-refractivity contribution in [1.29, 1.82) is 0 Å². The van der Waals surface area contributed by atoms with Gasteiger partial charge in [-0.2, -0.15) is 0 Å². The van der Waals surface area contributed by atoms with Gasteiger partial charge in [-0.05, 0) is 19.1 Å². The number of aliphatic hydroxyl groups is 1. The molecule has 0 aliphatic carbocycles. The van der Waals surface area contributed by atoms with Crippen LogP contribution in [0.15, 0.2) is 18.2 Å². The van der Waals surface area contributed by atoms with E-state index in [0.717, 1.165) is 0 Å². The van der Waals surface area contributed by atoms with Gasteiger partial charge in [-0.15, -0.1) is 0 Å². The first-order chi connectivity index (χ1) is 7.43. The van der Waals surface area contributed by atoms with Gasteiger partial charge in [0.15, 0.2) is 0 Å². The molecular formula is C11H14F3NO. The maximum absolute atomic E-state index is 13.4. The van der Waals surface area contributed by atoms with Crippen LogP contribution < -0.4 is 4.90 Å². The average Bonchev–Trinajstić information content (AvgIpc) is 2.15. The molecule has 0 amide bonds. The second-order valence-corrected chi connectivity index (χ2v) is 3.62. The molecular weight excluding hydrogens is 219 g/mol. The molecule has 2 nitrogen and oxygen atoms in total. The zero-order chi connectivity index (χ0) is 12.3. The van der Waals surface area contributed by atoms with Crippen LogP contribution in [0.2, 0.25) is 0 Å². The predicted molar refractivity (Wildman–Crippen MR) is 56.3 cm³/mol. The molecule has 0 radical (unpaired) electrons. The van der Waals surface area contributed by atoms with E-state index < -0.39 is 24.9 Å². The third-order valence-corrected chi connectivity index (χ3v) is 2.27. The summed E-state index contributed by atoms with van der Waals surface area (Å²) in [7, 11) is 1.44. The lowest BCUT2D eigenvalue weighted by molar-refractivity contribution is 0.155. The van der Waals surface area contributed by atoms with E-state index in [1.54, 1.807) is 0 Å². The summed E-state index contributed by atoms with van der Waals surface area (Å²) in [5.74, 6) is -0.589. The van der Waals surface area contributed by atoms with Crippen LogP contribution in [0.5, 0.6) is 0 Å². The largest absolute Gasteiger partial charge is 0.389 e. The number of hydrogen-bond acceptors (Lipinski definition) is 2. The standard InChI is InChI=1S/C11H14F3NO/c1-7(16)11-8(12)4-3-5-9(11)15(2)6-10(13)14/h3-5,7,10,16H,6H2,1-2H3/t7-/m0/s1. The fraction of sp³-hybridized carbons (Fsp3) is 0.455. The lowest BCUT2D eigenvalue weighted by atomic mass is 10.1. The van der Waals surface area contributed by atoms with Crippen LogP contribution in [0.25, 0.3) is 0 Å². The molecule has 0 unspecified atom stereocenters. The second-order valence-electron chi connectivity index (χ2n) is 3.62. The summed E-state index contributed by atoms with van der Waals surface area (Å²) in [6.07, 6.45) is -3.54. The maximum Gasteiger partial charge on any atom is 0.255 e. The Morgan fingerprint density at radius 3 is 2.50 bits per heavy atom. The van der Waals surface area contributed by atoms with Gasteiger partial charge in [0.25, 0.3) is 6.43 Å². The van der Waals surface area contributed by atoms with Crippen LogP contribution in [-0.2, 0) is 0 Å². The summed E-state index contributed by atoms with van der Waals surface area (Å²) in [6.45, 7) is 0.904. The topological polar surface area (TPSA) is 23.5 Å². The smallest absolute Gasteiger partial charge is 0.255 e. The monoisotopic (exact) mass is 233 g/mol. The van der Waals surface area contributed by atoms with Gasteiger partial charge in [-0.1, -0.05) is 6.07 Å². The fourth-order valence-corrected chi connectivity index (χ4v) is 1.58. The van der Waals surface area contributed by atoms with Crippen molar-refractivity contribution >= 4 is 5.69 Å². The van der Waals surface area contributed by atoms with E-state index in [0.29, 0.717) is 0 Å². The number of rotatable bonds is 4. The van der Waals surface area contributed by atoms with E-state index in [4.69, 9.17) is 0 Å². The maximum atomic E-state index is 13.4. The van der Waals surface area contributed by atoms with Crippen molar-refractivity contribution in [2.45, 2.75) is 19.5 Å². The molecule has 1 aromatic rings. The van der Waals surface area contributed by atoms with Gasteiger partial charge in [0, 0.05) is 18.3 Å². The highest BCUT2D eigenvalue weighted by Gasteiger charge is 2.18. The highest BCUT2D eigenvalue weighted by atomic mass is 19.3. The molecule has 1 atom stereocenters. The number of aliphatic hydroxyl groups excluding tert-OH is 1. The summed E-state index contributed by atoms with van der Waals surface area (Å²) >= 11 is 0. The van der Waals surface area contributed by atoms with Crippen LogP contribution in [0.3, 0.4) is 0 Å². The predicted octanol–water partition coefficient (Wildman–Crippen LogP) is 2.58. The molecule has 0 spiro atoms. The van der Waals surface area contributed by atoms with Gasteiger partial charge in [-0.25, -0.2) is 13.2 Å². The Bertz CT molecular complexity index is 355. The first-order valence-electron chi connectivity index (χ1n) is 4.89. The zero-order valence-corrected chi connectivity index (χ0v) is 9.12. The van der Waals surface area contributed by atoms with Crippen molar-refractivity contribution in [2.75, 3.05) is 18.5 Å². The number of benzene rings is 1. The molecule has 0 aliphatic heterocycles. The highest BCUT2D eigenvalue weighted by Crippen LogP contribution is 2.28. The molecule has 16 heavy (non-hydrogen) atoms. The van der Waals surface area contributed by atoms with Crippen LogP contribution in [0, 0.1) is 5.82 Å². The third kappa shape index (κ3) is 2.88. The molecule has 0 heterocycles. The molecule has 1 N–H and O–H groups in total. The van der Waals surface area contributed by atoms with Crippen molar-refractivity contribution < 1.29 is 18.3 Å². The van der Waals surface area contributed by atoms with E-state index in [-0.39, 0.29) is 11.3 Å². The summed E-state index contributed by atoms with van der Waals surface area (Å²) in [5, 5.41) is 9.41. The lowest BCUT2D eigenvalue weighted by Gasteiger charge is -2.23. The normalized spacial score (nSPS) is 12.9. The number of anilines is 1. The number of alkyl halides is 2. The molecule has 90 valence electrons. The molecule has 0 saturated carbocycles. The van der Waals surface area contributed by atoms with Crippen LogP contribution in [-0.4, -0.2) is 25.1 Å². The van der Waals surface area contributed by atoms with Crippen molar-refractivity contribution in [3.8, 4) is 0 Å². The molecule has 1 aromatic carbocycles. The van der Waals surface area contributed by atoms with Crippen molar-refractivity contribution in [1.82, 2.24) is 0 Å². The number of nitrogens with zero attached hydrogens (tertiary/aromatic N) is 1. The van der Waals surface area contributed by atoms with E-state index in [1.807, 2.05) is 0 Å². The lowest BCUT2D eigenvalue weighted by Crippen LogP contribution is -2.25. The fourth-order valence-electron chi connectivity index (χ4n) is 1.58. The second kappa shape index (κ2) is 5.21. The molecule has 0 aromatic heterocycles. The SMILES string of the molecule is C[C@H](O)c1c(F)cccc1N(C)CC(F)F. The van der Waals surface area contributed by atoms with E-state index in [1.165, 1.54) is 37.1 Å². The van der Waals surface area contributed by atoms with Gasteiger partial charge in [0.1, 0.15) is 5.82 Å². The van der Waals surface area contributed by atoms with E-state index in [2.05, 4.69) is 0 Å². The minimum absolute atomic E-state index is 0.0469. The molecule has 0 aliphatic rings. The van der Waals surface area contributed by atoms with E-state index >= 15 is 0 Å². The summed E-state index contributed by atoms with van der Waals surface area (Å²) in [5.41, 5.74) is 0.334. The van der Waals surface area contributed by atoms with Gasteiger partial charge in [0.2, 0.25) is 0 Å². The number of hydrogen-bond donors (Lipinski definition) is 1. The minimum atomic E-state index is -2.50. The van der Waals surface area contributed by atoms with E-state index in [9.17, 15) is 18.3 Å². The Hall–Kier alpha value is -1.23. The Kier molecular flexibility index (Phi) is 4.18. The van der Waals surface area contributed by atoms with Crippen molar-refractivity contribution in [3.63, 3.8) is 0 Å². The Morgan fingerprint density at radius 1 is 1.38 bits per heavy atom. The van der Waals surface area contributed by atoms with Crippen LogP contribution in [0.4, 0.5) is 18.9 Å². The van der Waals surface area contributed by atoms with Gasteiger partial charge < -0.3 is 10.0 Å². The molecule has 5 heteroatoms. The first kappa shape index (κ1) is 12.8. The summed E-state index contributed by atoms with van der Waals surface area (Å²) < 4.78 is 37.8. The Labute approximate surface area is 92.3 Å². The summed E-state index contributed by atoms with van der Waals surface area (Å²) in [4.78, 5) is 1.23. The van der Waals surface area contributed by atoms with Gasteiger partial charge in [-0.3, -0.25) is 0 Å². The molecule has 0 bridgehead atoms. The Balaban J connectivity index is 3.07. The van der Waals surface area contributed by atoms with Crippen LogP contribution in [0.1, 0.15) is 18.6 Å². The van der Waals surface area contributed by atoms with Gasteiger partial charge >= 0.3 is 0 Å². The number of halogens is 3. The van der Waals surface area contributed by atoms with Crippen LogP contribution >= 0.6 is 0 Å². The molecule has 0 fully saturated rings. The van der Waals surface area contributed by atoms with Crippen molar-refractivity contribution in [2.24, 2.45) is 0 Å². The zero-order valence-electron chi connectivity index (χ0n) is 9.12. The van der Waals surface area contributed by atoms with Gasteiger partial charge in [0.05, 0.1) is 12.6 Å². The first-order valence-corrected chi connectivity index (χ1v) is 4.89. The average molecular weight is 233 g/mol. The quantitative estimate of drug-likeness (QED) is 0.864. The molecule has 0 saturated heterocycles. The highest BCUT2D eigenvalue weighted by molar-refractivity contribution is 5.54.